The van der Waals surface area contributed by atoms with Gasteiger partial charge in [-0.3, -0.25) is 9.59 Å². The first kappa shape index (κ1) is 17.6. The number of carbonyl (C=O) groups is 2. The first-order valence-electron chi connectivity index (χ1n) is 8.24. The molecule has 1 aromatic carbocycles. The number of benzene rings is 1. The van der Waals surface area contributed by atoms with Crippen molar-refractivity contribution in [3.05, 3.63) is 30.2 Å². The van der Waals surface area contributed by atoms with Gasteiger partial charge < -0.3 is 29.6 Å². The molecule has 0 atom stereocenters. The van der Waals surface area contributed by atoms with Crippen LogP contribution >= 0.6 is 0 Å². The Balaban J connectivity index is 1.84. The van der Waals surface area contributed by atoms with Crippen LogP contribution in [0.3, 0.4) is 0 Å². The Morgan fingerprint density at radius 2 is 2.04 bits per heavy atom. The van der Waals surface area contributed by atoms with Crippen molar-refractivity contribution in [2.24, 2.45) is 0 Å². The summed E-state index contributed by atoms with van der Waals surface area (Å²) in [6.07, 6.45) is 1.47. The minimum atomic E-state index is -0.314. The van der Waals surface area contributed by atoms with Gasteiger partial charge in [0.05, 0.1) is 6.33 Å². The molecule has 9 heteroatoms. The van der Waals surface area contributed by atoms with E-state index in [1.807, 2.05) is 13.0 Å². The Kier molecular flexibility index (Phi) is 4.97. The predicted molar refractivity (Wildman–Crippen MR) is 95.8 cm³/mol. The molecular formula is C17H21N5O4. The van der Waals surface area contributed by atoms with Crippen molar-refractivity contribution in [1.82, 2.24) is 14.9 Å². The van der Waals surface area contributed by atoms with Crippen LogP contribution in [0, 0.1) is 0 Å². The minimum Gasteiger partial charge on any atom is -0.454 e. The van der Waals surface area contributed by atoms with Crippen LogP contribution < -0.4 is 25.0 Å². The fourth-order valence-corrected chi connectivity index (χ4v) is 2.83. The third kappa shape index (κ3) is 3.15. The van der Waals surface area contributed by atoms with Gasteiger partial charge in [-0.15, -0.1) is 0 Å². The second kappa shape index (κ2) is 7.34. The molecule has 1 aliphatic heterocycles. The van der Waals surface area contributed by atoms with Crippen LogP contribution in [0.25, 0.3) is 0 Å². The average molecular weight is 359 g/mol. The summed E-state index contributed by atoms with van der Waals surface area (Å²) in [4.78, 5) is 30.8. The van der Waals surface area contributed by atoms with E-state index in [2.05, 4.69) is 15.6 Å². The van der Waals surface area contributed by atoms with Crippen molar-refractivity contribution < 1.29 is 19.1 Å². The maximum atomic E-state index is 12.9. The Bertz CT molecular complexity index is 833. The number of hydrogen-bond acceptors (Lipinski definition) is 6. The fourth-order valence-electron chi connectivity index (χ4n) is 2.83. The summed E-state index contributed by atoms with van der Waals surface area (Å²) >= 11 is 0. The van der Waals surface area contributed by atoms with Crippen LogP contribution in [0.2, 0.25) is 0 Å². The molecule has 0 aliphatic carbocycles. The normalized spacial score (nSPS) is 12.0. The van der Waals surface area contributed by atoms with E-state index in [0.717, 1.165) is 0 Å². The highest BCUT2D eigenvalue weighted by Crippen LogP contribution is 2.35. The number of carbonyl (C=O) groups excluding carboxylic acids is 2. The first-order chi connectivity index (χ1) is 12.6. The lowest BCUT2D eigenvalue weighted by atomic mass is 10.2. The molecule has 2 heterocycles. The van der Waals surface area contributed by atoms with Crippen LogP contribution in [0.5, 0.6) is 11.5 Å². The van der Waals surface area contributed by atoms with Gasteiger partial charge in [0.25, 0.3) is 5.91 Å². The second-order valence-corrected chi connectivity index (χ2v) is 5.57. The first-order valence-corrected chi connectivity index (χ1v) is 8.24. The summed E-state index contributed by atoms with van der Waals surface area (Å²) in [5.41, 5.74) is 1.02. The molecule has 138 valence electrons. The summed E-state index contributed by atoms with van der Waals surface area (Å²) in [6.45, 7) is 2.52. The van der Waals surface area contributed by atoms with Crippen LogP contribution in [0.1, 0.15) is 17.4 Å². The zero-order valence-electron chi connectivity index (χ0n) is 14.9. The van der Waals surface area contributed by atoms with E-state index in [1.165, 1.54) is 17.9 Å². The molecule has 0 unspecified atom stereocenters. The van der Waals surface area contributed by atoms with E-state index in [4.69, 9.17) is 9.47 Å². The molecule has 0 radical (unpaired) electrons. The molecule has 0 bridgehead atoms. The van der Waals surface area contributed by atoms with Crippen molar-refractivity contribution in [1.29, 1.82) is 0 Å². The Morgan fingerprint density at radius 3 is 2.73 bits per heavy atom. The molecule has 0 fully saturated rings. The van der Waals surface area contributed by atoms with Gasteiger partial charge in [-0.2, -0.15) is 0 Å². The van der Waals surface area contributed by atoms with Gasteiger partial charge in [-0.25, -0.2) is 4.98 Å². The standard InChI is InChI=1S/C17H21N5O4/c1-4-22(11-5-6-12-13(7-11)26-10-25-12)14(23)8-21-9-20-16(18-2)15(21)17(24)19-3/h5-7,9,18H,4,8,10H2,1-3H3,(H,19,24). The van der Waals surface area contributed by atoms with E-state index >= 15 is 0 Å². The average Bonchev–Trinajstić information content (AvgIpc) is 3.27. The summed E-state index contributed by atoms with van der Waals surface area (Å²) < 4.78 is 12.2. The highest BCUT2D eigenvalue weighted by atomic mass is 16.7. The molecule has 9 nitrogen and oxygen atoms in total. The minimum absolute atomic E-state index is 0.0142. The number of anilines is 2. The molecule has 1 aliphatic rings. The Labute approximate surface area is 150 Å². The number of amides is 2. The molecule has 2 aromatic rings. The van der Waals surface area contributed by atoms with E-state index in [0.29, 0.717) is 35.2 Å². The van der Waals surface area contributed by atoms with Crippen LogP contribution in [-0.2, 0) is 11.3 Å². The maximum Gasteiger partial charge on any atom is 0.271 e. The number of fused-ring (bicyclic) bond motifs is 1. The highest BCUT2D eigenvalue weighted by molar-refractivity contribution is 5.98. The van der Waals surface area contributed by atoms with Gasteiger partial charge in [0, 0.05) is 32.4 Å². The van der Waals surface area contributed by atoms with E-state index in [-0.39, 0.29) is 25.2 Å². The zero-order valence-corrected chi connectivity index (χ0v) is 14.9. The molecule has 2 amide bonds. The topological polar surface area (TPSA) is 97.7 Å². The number of rotatable bonds is 6. The molecule has 3 rings (SSSR count). The van der Waals surface area contributed by atoms with Crippen molar-refractivity contribution >= 4 is 23.3 Å². The number of hydrogen-bond donors (Lipinski definition) is 2. The zero-order chi connectivity index (χ0) is 18.7. The Morgan fingerprint density at radius 1 is 1.27 bits per heavy atom. The molecule has 0 saturated carbocycles. The number of nitrogens with one attached hydrogen (secondary N) is 2. The molecule has 0 saturated heterocycles. The number of aromatic nitrogens is 2. The van der Waals surface area contributed by atoms with E-state index in [9.17, 15) is 9.59 Å². The molecule has 2 N–H and O–H groups in total. The van der Waals surface area contributed by atoms with E-state index < -0.39 is 0 Å². The lowest BCUT2D eigenvalue weighted by Gasteiger charge is -2.22. The number of ether oxygens (including phenoxy) is 2. The third-order valence-electron chi connectivity index (χ3n) is 4.11. The van der Waals surface area contributed by atoms with Crippen molar-refractivity contribution in [2.45, 2.75) is 13.5 Å². The lowest BCUT2D eigenvalue weighted by Crippen LogP contribution is -2.35. The maximum absolute atomic E-state index is 12.9. The highest BCUT2D eigenvalue weighted by Gasteiger charge is 2.23. The lowest BCUT2D eigenvalue weighted by molar-refractivity contribution is -0.119. The van der Waals surface area contributed by atoms with E-state index in [1.54, 1.807) is 24.1 Å². The van der Waals surface area contributed by atoms with Crippen molar-refractivity contribution in [3.8, 4) is 11.5 Å². The van der Waals surface area contributed by atoms with Crippen LogP contribution in [0.4, 0.5) is 11.5 Å². The monoisotopic (exact) mass is 359 g/mol. The molecule has 1 aromatic heterocycles. The smallest absolute Gasteiger partial charge is 0.271 e. The van der Waals surface area contributed by atoms with Gasteiger partial charge in [-0.1, -0.05) is 0 Å². The molecule has 26 heavy (non-hydrogen) atoms. The predicted octanol–water partition coefficient (Wildman–Crippen LogP) is 1.07. The molecular weight excluding hydrogens is 338 g/mol. The number of nitrogens with zero attached hydrogens (tertiary/aromatic N) is 3. The number of likely N-dealkylation sites (N-methyl/N-ethyl adjacent to an activating group) is 1. The van der Waals surface area contributed by atoms with Crippen molar-refractivity contribution in [2.75, 3.05) is 37.6 Å². The van der Waals surface area contributed by atoms with Crippen molar-refractivity contribution in [3.63, 3.8) is 0 Å². The number of imidazole rings is 1. The van der Waals surface area contributed by atoms with Gasteiger partial charge in [0.1, 0.15) is 6.54 Å². The Hall–Kier alpha value is -3.23. The summed E-state index contributed by atoms with van der Waals surface area (Å²) in [5, 5.41) is 5.42. The SMILES string of the molecule is CCN(C(=O)Cn1cnc(NC)c1C(=O)NC)c1ccc2c(c1)OCO2. The van der Waals surface area contributed by atoms with Crippen LogP contribution in [0.15, 0.2) is 24.5 Å². The molecule has 0 spiro atoms. The second-order valence-electron chi connectivity index (χ2n) is 5.57. The van der Waals surface area contributed by atoms with Gasteiger partial charge >= 0.3 is 0 Å². The quantitative estimate of drug-likeness (QED) is 0.801. The van der Waals surface area contributed by atoms with Gasteiger partial charge in [-0.05, 0) is 19.1 Å². The summed E-state index contributed by atoms with van der Waals surface area (Å²) in [6, 6.07) is 5.36. The van der Waals surface area contributed by atoms with Gasteiger partial charge in [0.15, 0.2) is 23.0 Å². The van der Waals surface area contributed by atoms with Crippen LogP contribution in [-0.4, -0.2) is 48.8 Å². The summed E-state index contributed by atoms with van der Waals surface area (Å²) in [5.74, 6) is 1.21. The fraction of sp³-hybridized carbons (Fsp3) is 0.353. The summed E-state index contributed by atoms with van der Waals surface area (Å²) in [7, 11) is 3.21. The third-order valence-corrected chi connectivity index (χ3v) is 4.11. The van der Waals surface area contributed by atoms with Gasteiger partial charge in [0.2, 0.25) is 12.7 Å². The largest absolute Gasteiger partial charge is 0.454 e.